The van der Waals surface area contributed by atoms with E-state index in [0.717, 1.165) is 26.2 Å². The van der Waals surface area contributed by atoms with Gasteiger partial charge in [0, 0.05) is 13.2 Å². The van der Waals surface area contributed by atoms with Gasteiger partial charge in [0.15, 0.2) is 0 Å². The largest absolute Gasteiger partial charge is 0.382 e. The lowest BCUT2D eigenvalue weighted by molar-refractivity contribution is 0.135. The lowest BCUT2D eigenvalue weighted by Crippen LogP contribution is -2.12. The van der Waals surface area contributed by atoms with Gasteiger partial charge in [0.05, 0.1) is 0 Å². The van der Waals surface area contributed by atoms with Crippen LogP contribution in [0.1, 0.15) is 20.3 Å². The molecule has 0 aromatic carbocycles. The molecule has 0 aromatic rings. The first-order valence-corrected chi connectivity index (χ1v) is 3.59. The molecule has 0 heterocycles. The van der Waals surface area contributed by atoms with Crippen LogP contribution in [-0.2, 0) is 4.74 Å². The molecule has 0 saturated carbocycles. The maximum Gasteiger partial charge on any atom is 0.0468 e. The third-order valence-electron chi connectivity index (χ3n) is 1.36. The highest BCUT2D eigenvalue weighted by molar-refractivity contribution is 4.50. The molecule has 0 spiro atoms. The van der Waals surface area contributed by atoms with E-state index in [1.54, 1.807) is 0 Å². The van der Waals surface area contributed by atoms with E-state index in [0.29, 0.717) is 5.92 Å². The van der Waals surface area contributed by atoms with E-state index >= 15 is 0 Å². The number of nitrogens with two attached hydrogens (primary N) is 1. The van der Waals surface area contributed by atoms with Crippen LogP contribution in [0.4, 0.5) is 0 Å². The van der Waals surface area contributed by atoms with Crippen molar-refractivity contribution >= 4 is 0 Å². The summed E-state index contributed by atoms with van der Waals surface area (Å²) in [5, 5.41) is 0. The van der Waals surface area contributed by atoms with Crippen molar-refractivity contribution in [1.82, 2.24) is 0 Å². The van der Waals surface area contributed by atoms with Crippen molar-refractivity contribution in [1.29, 1.82) is 0 Å². The van der Waals surface area contributed by atoms with E-state index in [-0.39, 0.29) is 0 Å². The Morgan fingerprint density at radius 1 is 1.56 bits per heavy atom. The molecule has 0 aliphatic rings. The summed E-state index contributed by atoms with van der Waals surface area (Å²) < 4.78 is 5.15. The van der Waals surface area contributed by atoms with Gasteiger partial charge in [-0.3, -0.25) is 0 Å². The van der Waals surface area contributed by atoms with Gasteiger partial charge in [0.25, 0.3) is 0 Å². The minimum Gasteiger partial charge on any atom is -0.382 e. The van der Waals surface area contributed by atoms with E-state index in [2.05, 4.69) is 6.92 Å². The Hall–Kier alpha value is -0.0800. The molecule has 0 rings (SSSR count). The van der Waals surface area contributed by atoms with Gasteiger partial charge in [-0.25, -0.2) is 0 Å². The Morgan fingerprint density at radius 2 is 2.22 bits per heavy atom. The molecule has 0 radical (unpaired) electrons. The third-order valence-corrected chi connectivity index (χ3v) is 1.36. The first-order chi connectivity index (χ1) is 4.31. The number of hydrogen-bond donors (Lipinski definition) is 1. The third kappa shape index (κ3) is 5.80. The molecule has 0 aliphatic carbocycles. The summed E-state index contributed by atoms with van der Waals surface area (Å²) in [6, 6.07) is 0. The molecule has 9 heavy (non-hydrogen) atoms. The van der Waals surface area contributed by atoms with Crippen molar-refractivity contribution in [3.8, 4) is 0 Å². The summed E-state index contributed by atoms with van der Waals surface area (Å²) in [4.78, 5) is 0. The van der Waals surface area contributed by atoms with Gasteiger partial charge in [0.1, 0.15) is 0 Å². The van der Waals surface area contributed by atoms with Crippen molar-refractivity contribution in [2.75, 3.05) is 19.8 Å². The highest BCUT2D eigenvalue weighted by atomic mass is 16.5. The monoisotopic (exact) mass is 131 g/mol. The summed E-state index contributed by atoms with van der Waals surface area (Å²) >= 11 is 0. The summed E-state index contributed by atoms with van der Waals surface area (Å²) in [7, 11) is 0. The zero-order chi connectivity index (χ0) is 7.11. The molecule has 0 bridgehead atoms. The van der Waals surface area contributed by atoms with Crippen molar-refractivity contribution in [3.63, 3.8) is 0 Å². The van der Waals surface area contributed by atoms with Gasteiger partial charge in [0.2, 0.25) is 0 Å². The maximum absolute atomic E-state index is 5.40. The van der Waals surface area contributed by atoms with E-state index in [9.17, 15) is 0 Å². The van der Waals surface area contributed by atoms with Gasteiger partial charge >= 0.3 is 0 Å². The van der Waals surface area contributed by atoms with Crippen LogP contribution in [0, 0.1) is 5.92 Å². The van der Waals surface area contributed by atoms with Crippen LogP contribution < -0.4 is 5.73 Å². The first kappa shape index (κ1) is 8.92. The second-order valence-corrected chi connectivity index (χ2v) is 2.33. The van der Waals surface area contributed by atoms with Gasteiger partial charge in [-0.15, -0.1) is 0 Å². The first-order valence-electron chi connectivity index (χ1n) is 3.59. The predicted octanol–water partition coefficient (Wildman–Crippen LogP) is 1.01. The Bertz CT molecular complexity index is 56.9. The van der Waals surface area contributed by atoms with Crippen molar-refractivity contribution in [2.45, 2.75) is 20.3 Å². The zero-order valence-electron chi connectivity index (χ0n) is 6.39. The molecule has 2 nitrogen and oxygen atoms in total. The van der Waals surface area contributed by atoms with Crippen molar-refractivity contribution in [2.24, 2.45) is 11.7 Å². The molecule has 0 amide bonds. The zero-order valence-corrected chi connectivity index (χ0v) is 6.39. The lowest BCUT2D eigenvalue weighted by Gasteiger charge is -2.06. The fraction of sp³-hybridized carbons (Fsp3) is 1.00. The molecule has 1 unspecified atom stereocenters. The van der Waals surface area contributed by atoms with Crippen molar-refractivity contribution in [3.05, 3.63) is 0 Å². The molecule has 1 atom stereocenters. The summed E-state index contributed by atoms with van der Waals surface area (Å²) in [5.74, 6) is 0.608. The number of ether oxygens (including phenoxy) is 1. The highest BCUT2D eigenvalue weighted by Gasteiger charge is 1.96. The molecule has 0 aromatic heterocycles. The summed E-state index contributed by atoms with van der Waals surface area (Å²) in [6.07, 6.45) is 1.09. The Kier molecular flexibility index (Phi) is 5.99. The quantitative estimate of drug-likeness (QED) is 0.565. The molecule has 0 fully saturated rings. The average Bonchev–Trinajstić information content (AvgIpc) is 1.89. The normalized spacial score (nSPS) is 13.7. The second-order valence-electron chi connectivity index (χ2n) is 2.33. The fourth-order valence-electron chi connectivity index (χ4n) is 0.547. The fourth-order valence-corrected chi connectivity index (χ4v) is 0.547. The van der Waals surface area contributed by atoms with Crippen LogP contribution in [0.25, 0.3) is 0 Å². The summed E-state index contributed by atoms with van der Waals surface area (Å²) in [6.45, 7) is 6.59. The average molecular weight is 131 g/mol. The molecule has 0 saturated heterocycles. The second kappa shape index (κ2) is 6.05. The standard InChI is InChI=1S/C7H17NO/c1-3-9-5-4-7(2)6-8/h7H,3-6,8H2,1-2H3. The van der Waals surface area contributed by atoms with Gasteiger partial charge < -0.3 is 10.5 Å². The Morgan fingerprint density at radius 3 is 2.67 bits per heavy atom. The van der Waals surface area contributed by atoms with Gasteiger partial charge in [-0.1, -0.05) is 6.92 Å². The van der Waals surface area contributed by atoms with Crippen LogP contribution in [0.15, 0.2) is 0 Å². The van der Waals surface area contributed by atoms with Crippen LogP contribution in [0.2, 0.25) is 0 Å². The van der Waals surface area contributed by atoms with Gasteiger partial charge in [-0.05, 0) is 25.8 Å². The smallest absolute Gasteiger partial charge is 0.0468 e. The minimum atomic E-state index is 0.608. The van der Waals surface area contributed by atoms with Crippen LogP contribution in [0.5, 0.6) is 0 Å². The molecular weight excluding hydrogens is 114 g/mol. The molecule has 56 valence electrons. The maximum atomic E-state index is 5.40. The number of hydrogen-bond acceptors (Lipinski definition) is 2. The van der Waals surface area contributed by atoms with Crippen molar-refractivity contribution < 1.29 is 4.74 Å². The highest BCUT2D eigenvalue weighted by Crippen LogP contribution is 1.97. The SMILES string of the molecule is CCOCCC(C)CN. The van der Waals surface area contributed by atoms with E-state index in [1.165, 1.54) is 0 Å². The lowest BCUT2D eigenvalue weighted by atomic mass is 10.1. The van der Waals surface area contributed by atoms with Gasteiger partial charge in [-0.2, -0.15) is 0 Å². The Balaban J connectivity index is 2.88. The molecule has 2 heteroatoms. The van der Waals surface area contributed by atoms with E-state index in [4.69, 9.17) is 10.5 Å². The molecular formula is C7H17NO. The van der Waals surface area contributed by atoms with Crippen LogP contribution in [-0.4, -0.2) is 19.8 Å². The molecule has 0 aliphatic heterocycles. The number of rotatable bonds is 5. The van der Waals surface area contributed by atoms with E-state index in [1.807, 2.05) is 6.92 Å². The molecule has 2 N–H and O–H groups in total. The van der Waals surface area contributed by atoms with Crippen LogP contribution >= 0.6 is 0 Å². The van der Waals surface area contributed by atoms with E-state index < -0.39 is 0 Å². The Labute approximate surface area is 57.4 Å². The topological polar surface area (TPSA) is 35.2 Å². The van der Waals surface area contributed by atoms with Crippen LogP contribution in [0.3, 0.4) is 0 Å². The minimum absolute atomic E-state index is 0.608. The summed E-state index contributed by atoms with van der Waals surface area (Å²) in [5.41, 5.74) is 5.40. The predicted molar refractivity (Wildman–Crippen MR) is 39.3 cm³/mol.